The van der Waals surface area contributed by atoms with Gasteiger partial charge in [0.05, 0.1) is 5.56 Å². The zero-order chi connectivity index (χ0) is 12.7. The maximum atomic E-state index is 9.79. The maximum absolute atomic E-state index is 9.79. The summed E-state index contributed by atoms with van der Waals surface area (Å²) in [4.78, 5) is 4.28. The van der Waals surface area contributed by atoms with Crippen molar-refractivity contribution in [3.05, 3.63) is 36.4 Å². The quantitative estimate of drug-likeness (QED) is 0.448. The molecule has 0 saturated carbocycles. The van der Waals surface area contributed by atoms with Gasteiger partial charge < -0.3 is 21.0 Å². The number of aromatic hydroxyl groups is 1. The van der Waals surface area contributed by atoms with Gasteiger partial charge in [-0.3, -0.25) is 0 Å². The van der Waals surface area contributed by atoms with Crippen LogP contribution in [0.2, 0.25) is 0 Å². The molecular weight excluding hydrogens is 230 g/mol. The molecule has 2 aromatic carbocycles. The molecule has 1 aromatic heterocycles. The van der Waals surface area contributed by atoms with E-state index in [0.29, 0.717) is 33.9 Å². The second kappa shape index (κ2) is 3.66. The average Bonchev–Trinajstić information content (AvgIpc) is 2.74. The Hall–Kier alpha value is -2.69. The molecule has 0 radical (unpaired) electrons. The van der Waals surface area contributed by atoms with E-state index < -0.39 is 0 Å². The molecule has 0 atom stereocenters. The minimum Gasteiger partial charge on any atom is -0.507 e. The summed E-state index contributed by atoms with van der Waals surface area (Å²) < 4.78 is 5.56. The third-order valence-electron chi connectivity index (χ3n) is 2.66. The van der Waals surface area contributed by atoms with E-state index in [1.165, 1.54) is 6.07 Å². The number of phenolic OH excluding ortho intramolecular Hbond substituents is 1. The highest BCUT2D eigenvalue weighted by atomic mass is 16.3. The summed E-state index contributed by atoms with van der Waals surface area (Å²) in [5, 5.41) is 9.79. The second-order valence-corrected chi connectivity index (χ2v) is 4.02. The zero-order valence-electron chi connectivity index (χ0n) is 9.42. The van der Waals surface area contributed by atoms with Crippen LogP contribution in [0, 0.1) is 0 Å². The topological polar surface area (TPSA) is 98.3 Å². The molecule has 90 valence electrons. The first-order chi connectivity index (χ1) is 8.63. The van der Waals surface area contributed by atoms with Gasteiger partial charge in [-0.05, 0) is 36.4 Å². The first-order valence-corrected chi connectivity index (χ1v) is 5.38. The van der Waals surface area contributed by atoms with Crippen LogP contribution >= 0.6 is 0 Å². The number of hydrogen-bond acceptors (Lipinski definition) is 5. The molecule has 5 nitrogen and oxygen atoms in total. The summed E-state index contributed by atoms with van der Waals surface area (Å²) in [5.74, 6) is 0.393. The van der Waals surface area contributed by atoms with Gasteiger partial charge in [-0.1, -0.05) is 0 Å². The summed E-state index contributed by atoms with van der Waals surface area (Å²) in [7, 11) is 0. The fourth-order valence-electron chi connectivity index (χ4n) is 1.78. The molecule has 0 bridgehead atoms. The lowest BCUT2D eigenvalue weighted by molar-refractivity contribution is 0.474. The average molecular weight is 241 g/mol. The van der Waals surface area contributed by atoms with E-state index in [2.05, 4.69) is 4.98 Å². The van der Waals surface area contributed by atoms with Gasteiger partial charge in [0.15, 0.2) is 5.58 Å². The van der Waals surface area contributed by atoms with Crippen molar-refractivity contribution >= 4 is 22.5 Å². The van der Waals surface area contributed by atoms with E-state index in [9.17, 15) is 5.11 Å². The van der Waals surface area contributed by atoms with Crippen LogP contribution in [0.1, 0.15) is 0 Å². The van der Waals surface area contributed by atoms with Crippen molar-refractivity contribution in [2.24, 2.45) is 0 Å². The van der Waals surface area contributed by atoms with Gasteiger partial charge in [0.1, 0.15) is 11.3 Å². The van der Waals surface area contributed by atoms with Gasteiger partial charge in [-0.25, -0.2) is 4.98 Å². The number of nitrogens with zero attached hydrogens (tertiary/aromatic N) is 1. The number of rotatable bonds is 1. The molecule has 3 rings (SSSR count). The van der Waals surface area contributed by atoms with Crippen LogP contribution in [0.4, 0.5) is 11.4 Å². The lowest BCUT2D eigenvalue weighted by Crippen LogP contribution is -1.86. The van der Waals surface area contributed by atoms with Crippen LogP contribution in [-0.2, 0) is 0 Å². The predicted molar refractivity (Wildman–Crippen MR) is 69.9 cm³/mol. The first-order valence-electron chi connectivity index (χ1n) is 5.38. The second-order valence-electron chi connectivity index (χ2n) is 4.02. The van der Waals surface area contributed by atoms with Crippen LogP contribution in [0.15, 0.2) is 40.8 Å². The fourth-order valence-corrected chi connectivity index (χ4v) is 1.78. The van der Waals surface area contributed by atoms with Crippen molar-refractivity contribution in [2.45, 2.75) is 0 Å². The molecule has 5 N–H and O–H groups in total. The smallest absolute Gasteiger partial charge is 0.231 e. The van der Waals surface area contributed by atoms with E-state index in [1.807, 2.05) is 0 Å². The Labute approximate surface area is 103 Å². The summed E-state index contributed by atoms with van der Waals surface area (Å²) in [6.45, 7) is 0. The number of oxazole rings is 1. The molecule has 5 heteroatoms. The molecule has 0 fully saturated rings. The molecular formula is C13H11N3O2. The van der Waals surface area contributed by atoms with Crippen LogP contribution in [0.5, 0.6) is 5.75 Å². The number of fused-ring (bicyclic) bond motifs is 1. The number of benzene rings is 2. The third-order valence-corrected chi connectivity index (χ3v) is 2.66. The molecule has 18 heavy (non-hydrogen) atoms. The SMILES string of the molecule is Nc1ccc(O)c(-c2nc3cc(N)ccc3o2)c1. The van der Waals surface area contributed by atoms with Crippen molar-refractivity contribution in [3.8, 4) is 17.2 Å². The molecule has 0 spiro atoms. The summed E-state index contributed by atoms with van der Waals surface area (Å²) in [6.07, 6.45) is 0. The van der Waals surface area contributed by atoms with Crippen LogP contribution in [0.3, 0.4) is 0 Å². The standard InChI is InChI=1S/C13H11N3O2/c14-7-1-3-11(17)9(5-7)13-16-10-6-8(15)2-4-12(10)18-13/h1-6,17H,14-15H2. The normalized spacial score (nSPS) is 10.9. The molecule has 0 amide bonds. The van der Waals surface area contributed by atoms with Gasteiger partial charge in [-0.15, -0.1) is 0 Å². The van der Waals surface area contributed by atoms with Crippen molar-refractivity contribution in [1.29, 1.82) is 0 Å². The van der Waals surface area contributed by atoms with Crippen molar-refractivity contribution in [2.75, 3.05) is 11.5 Å². The highest BCUT2D eigenvalue weighted by Crippen LogP contribution is 2.32. The van der Waals surface area contributed by atoms with E-state index in [1.54, 1.807) is 30.3 Å². The minimum absolute atomic E-state index is 0.0729. The maximum Gasteiger partial charge on any atom is 0.231 e. The molecule has 0 unspecified atom stereocenters. The molecule has 1 heterocycles. The first kappa shape index (κ1) is 10.5. The van der Waals surface area contributed by atoms with Crippen molar-refractivity contribution in [1.82, 2.24) is 4.98 Å². The zero-order valence-corrected chi connectivity index (χ0v) is 9.42. The minimum atomic E-state index is 0.0729. The highest BCUT2D eigenvalue weighted by molar-refractivity contribution is 5.80. The van der Waals surface area contributed by atoms with Crippen LogP contribution < -0.4 is 11.5 Å². The largest absolute Gasteiger partial charge is 0.507 e. The Morgan fingerprint density at radius 2 is 1.72 bits per heavy atom. The molecule has 3 aromatic rings. The van der Waals surface area contributed by atoms with Gasteiger partial charge in [-0.2, -0.15) is 0 Å². The summed E-state index contributed by atoms with van der Waals surface area (Å²) in [6, 6.07) is 9.92. The molecule has 0 aliphatic heterocycles. The van der Waals surface area contributed by atoms with Gasteiger partial charge in [0, 0.05) is 11.4 Å². The monoisotopic (exact) mass is 241 g/mol. The summed E-state index contributed by atoms with van der Waals surface area (Å²) in [5.41, 5.74) is 14.2. The Bertz CT molecular complexity index is 734. The van der Waals surface area contributed by atoms with Gasteiger partial charge in [0.2, 0.25) is 5.89 Å². The predicted octanol–water partition coefficient (Wildman–Crippen LogP) is 2.36. The Balaban J connectivity index is 2.22. The molecule has 0 aliphatic carbocycles. The number of nitrogens with two attached hydrogens (primary N) is 2. The molecule has 0 aliphatic rings. The van der Waals surface area contributed by atoms with Crippen molar-refractivity contribution in [3.63, 3.8) is 0 Å². The lowest BCUT2D eigenvalue weighted by atomic mass is 10.2. The number of aromatic nitrogens is 1. The fraction of sp³-hybridized carbons (Fsp3) is 0. The van der Waals surface area contributed by atoms with E-state index in [0.717, 1.165) is 0 Å². The van der Waals surface area contributed by atoms with Gasteiger partial charge >= 0.3 is 0 Å². The number of phenols is 1. The molecule has 0 saturated heterocycles. The third kappa shape index (κ3) is 1.62. The lowest BCUT2D eigenvalue weighted by Gasteiger charge is -2.00. The highest BCUT2D eigenvalue weighted by Gasteiger charge is 2.12. The Morgan fingerprint density at radius 1 is 1.00 bits per heavy atom. The summed E-state index contributed by atoms with van der Waals surface area (Å²) >= 11 is 0. The Morgan fingerprint density at radius 3 is 2.56 bits per heavy atom. The van der Waals surface area contributed by atoms with Crippen molar-refractivity contribution < 1.29 is 9.52 Å². The van der Waals surface area contributed by atoms with E-state index in [4.69, 9.17) is 15.9 Å². The van der Waals surface area contributed by atoms with E-state index in [-0.39, 0.29) is 5.75 Å². The Kier molecular flexibility index (Phi) is 2.13. The number of nitrogen functional groups attached to an aromatic ring is 2. The van der Waals surface area contributed by atoms with Crippen LogP contribution in [0.25, 0.3) is 22.6 Å². The van der Waals surface area contributed by atoms with Gasteiger partial charge in [0.25, 0.3) is 0 Å². The number of hydrogen-bond donors (Lipinski definition) is 3. The van der Waals surface area contributed by atoms with E-state index >= 15 is 0 Å². The number of anilines is 2. The van der Waals surface area contributed by atoms with Crippen LogP contribution in [-0.4, -0.2) is 10.1 Å².